The van der Waals surface area contributed by atoms with E-state index in [0.717, 1.165) is 5.56 Å². The Morgan fingerprint density at radius 3 is 2.65 bits per heavy atom. The van der Waals surface area contributed by atoms with Gasteiger partial charge in [-0.3, -0.25) is 4.99 Å². The van der Waals surface area contributed by atoms with Crippen LogP contribution >= 0.6 is 24.0 Å². The molecule has 0 amide bonds. The summed E-state index contributed by atoms with van der Waals surface area (Å²) in [4.78, 5) is 4.08. The fraction of sp³-hybridized carbons (Fsp3) is 0.263. The summed E-state index contributed by atoms with van der Waals surface area (Å²) in [6, 6.07) is 16.2. The molecule has 0 heterocycles. The average molecular weight is 468 g/mol. The van der Waals surface area contributed by atoms with E-state index in [1.807, 2.05) is 36.4 Å². The number of ether oxygens (including phenoxy) is 1. The van der Waals surface area contributed by atoms with Gasteiger partial charge in [-0.05, 0) is 23.8 Å². The van der Waals surface area contributed by atoms with Crippen LogP contribution in [0.25, 0.3) is 0 Å². The molecule has 0 aromatic heterocycles. The molecule has 0 aliphatic heterocycles. The van der Waals surface area contributed by atoms with Gasteiger partial charge in [0.15, 0.2) is 5.96 Å². The molecule has 7 heteroatoms. The minimum Gasteiger partial charge on any atom is -0.375 e. The van der Waals surface area contributed by atoms with E-state index in [9.17, 15) is 4.39 Å². The van der Waals surface area contributed by atoms with Gasteiger partial charge in [-0.1, -0.05) is 30.3 Å². The van der Waals surface area contributed by atoms with Gasteiger partial charge < -0.3 is 15.4 Å². The van der Waals surface area contributed by atoms with Crippen molar-refractivity contribution in [1.29, 1.82) is 5.26 Å². The number of aliphatic imine (C=N–C) groups is 1. The van der Waals surface area contributed by atoms with Crippen LogP contribution in [0.2, 0.25) is 0 Å². The predicted octanol–water partition coefficient (Wildman–Crippen LogP) is 3.20. The van der Waals surface area contributed by atoms with Crippen molar-refractivity contribution >= 4 is 29.9 Å². The van der Waals surface area contributed by atoms with Gasteiger partial charge in [0, 0.05) is 25.7 Å². The molecule has 0 atom stereocenters. The lowest BCUT2D eigenvalue weighted by atomic mass is 10.1. The van der Waals surface area contributed by atoms with E-state index in [0.29, 0.717) is 36.8 Å². The van der Waals surface area contributed by atoms with Gasteiger partial charge in [0.25, 0.3) is 0 Å². The molecule has 26 heavy (non-hydrogen) atoms. The molecule has 0 saturated heterocycles. The fourth-order valence-electron chi connectivity index (χ4n) is 2.19. The number of nitrogens with zero attached hydrogens (tertiary/aromatic N) is 2. The monoisotopic (exact) mass is 468 g/mol. The summed E-state index contributed by atoms with van der Waals surface area (Å²) >= 11 is 0. The first-order chi connectivity index (χ1) is 12.2. The summed E-state index contributed by atoms with van der Waals surface area (Å²) in [5.41, 5.74) is 1.97. The molecule has 2 aromatic rings. The molecule has 2 N–H and O–H groups in total. The lowest BCUT2D eigenvalue weighted by molar-refractivity contribution is 0.125. The van der Waals surface area contributed by atoms with Crippen LogP contribution in [0.15, 0.2) is 53.5 Å². The molecule has 0 unspecified atom stereocenters. The summed E-state index contributed by atoms with van der Waals surface area (Å²) in [6.45, 7) is 1.90. The minimum absolute atomic E-state index is 0. The Hall–Kier alpha value is -2.18. The summed E-state index contributed by atoms with van der Waals surface area (Å²) < 4.78 is 19.3. The number of rotatable bonds is 7. The van der Waals surface area contributed by atoms with Crippen LogP contribution in [0.1, 0.15) is 16.7 Å². The maximum Gasteiger partial charge on any atom is 0.191 e. The Bertz CT molecular complexity index is 747. The normalized spacial score (nSPS) is 10.6. The molecule has 0 spiro atoms. The van der Waals surface area contributed by atoms with Crippen molar-refractivity contribution < 1.29 is 9.13 Å². The van der Waals surface area contributed by atoms with E-state index in [2.05, 4.69) is 15.6 Å². The second-order valence-corrected chi connectivity index (χ2v) is 5.31. The summed E-state index contributed by atoms with van der Waals surface area (Å²) in [5.74, 6) is 0.193. The first-order valence-corrected chi connectivity index (χ1v) is 7.97. The number of benzene rings is 2. The Morgan fingerprint density at radius 2 is 1.96 bits per heavy atom. The van der Waals surface area contributed by atoms with Crippen molar-refractivity contribution in [3.63, 3.8) is 0 Å². The minimum atomic E-state index is -0.354. The van der Waals surface area contributed by atoms with E-state index in [1.54, 1.807) is 7.05 Å². The number of nitriles is 1. The molecular weight excluding hydrogens is 446 g/mol. The highest BCUT2D eigenvalue weighted by Crippen LogP contribution is 2.09. The van der Waals surface area contributed by atoms with E-state index in [4.69, 9.17) is 10.00 Å². The van der Waals surface area contributed by atoms with E-state index < -0.39 is 0 Å². The van der Waals surface area contributed by atoms with Crippen LogP contribution in [-0.4, -0.2) is 26.2 Å². The van der Waals surface area contributed by atoms with E-state index in [-0.39, 0.29) is 36.3 Å². The molecule has 0 bridgehead atoms. The standard InChI is InChI=1S/C19H21FN4O.HI/c1-22-19(23-9-10-25-14-15-5-3-2-4-6-15)24-13-17-11-16(12-21)7-8-18(17)20;/h2-8,11H,9-10,13-14H2,1H3,(H2,22,23,24);1H. The highest BCUT2D eigenvalue weighted by atomic mass is 127. The second kappa shape index (κ2) is 12.2. The highest BCUT2D eigenvalue weighted by Gasteiger charge is 2.05. The van der Waals surface area contributed by atoms with Crippen molar-refractivity contribution in [2.24, 2.45) is 4.99 Å². The predicted molar refractivity (Wildman–Crippen MR) is 111 cm³/mol. The molecule has 0 fully saturated rings. The number of hydrogen-bond acceptors (Lipinski definition) is 3. The van der Waals surface area contributed by atoms with Gasteiger partial charge in [0.2, 0.25) is 0 Å². The molecular formula is C19H22FIN4O. The third-order valence-electron chi connectivity index (χ3n) is 3.50. The van der Waals surface area contributed by atoms with Gasteiger partial charge in [0.1, 0.15) is 5.82 Å². The van der Waals surface area contributed by atoms with Gasteiger partial charge in [-0.2, -0.15) is 5.26 Å². The van der Waals surface area contributed by atoms with Crippen LogP contribution in [0, 0.1) is 17.1 Å². The van der Waals surface area contributed by atoms with Crippen LogP contribution in [0.3, 0.4) is 0 Å². The van der Waals surface area contributed by atoms with Gasteiger partial charge in [0.05, 0.1) is 24.8 Å². The zero-order valence-electron chi connectivity index (χ0n) is 14.5. The SMILES string of the molecule is CN=C(NCCOCc1ccccc1)NCc1cc(C#N)ccc1F.I. The first-order valence-electron chi connectivity index (χ1n) is 7.97. The van der Waals surface area contributed by atoms with Gasteiger partial charge in [-0.25, -0.2) is 4.39 Å². The highest BCUT2D eigenvalue weighted by molar-refractivity contribution is 14.0. The van der Waals surface area contributed by atoms with Crippen LogP contribution in [0.4, 0.5) is 4.39 Å². The lowest BCUT2D eigenvalue weighted by Crippen LogP contribution is -2.38. The maximum atomic E-state index is 13.7. The quantitative estimate of drug-likeness (QED) is 0.284. The Balaban J connectivity index is 0.00000338. The Morgan fingerprint density at radius 1 is 1.19 bits per heavy atom. The van der Waals surface area contributed by atoms with E-state index >= 15 is 0 Å². The zero-order valence-corrected chi connectivity index (χ0v) is 16.9. The largest absolute Gasteiger partial charge is 0.375 e. The number of nitrogens with one attached hydrogen (secondary N) is 2. The summed E-state index contributed by atoms with van der Waals surface area (Å²) in [5, 5.41) is 15.0. The number of hydrogen-bond donors (Lipinski definition) is 2. The zero-order chi connectivity index (χ0) is 17.9. The lowest BCUT2D eigenvalue weighted by Gasteiger charge is -2.12. The fourth-order valence-corrected chi connectivity index (χ4v) is 2.19. The summed E-state index contributed by atoms with van der Waals surface area (Å²) in [6.07, 6.45) is 0. The van der Waals surface area contributed by atoms with Crippen LogP contribution in [-0.2, 0) is 17.9 Å². The third kappa shape index (κ3) is 7.37. The maximum absolute atomic E-state index is 13.7. The van der Waals surface area contributed by atoms with Crippen molar-refractivity contribution in [3.05, 3.63) is 71.0 Å². The third-order valence-corrected chi connectivity index (χ3v) is 3.50. The molecule has 5 nitrogen and oxygen atoms in total. The van der Waals surface area contributed by atoms with Crippen molar-refractivity contribution in [2.45, 2.75) is 13.2 Å². The molecule has 2 aromatic carbocycles. The average Bonchev–Trinajstić information content (AvgIpc) is 2.66. The Kier molecular flexibility index (Phi) is 10.3. The summed E-state index contributed by atoms with van der Waals surface area (Å²) in [7, 11) is 1.64. The smallest absolute Gasteiger partial charge is 0.191 e. The van der Waals surface area contributed by atoms with Crippen LogP contribution in [0.5, 0.6) is 0 Å². The van der Waals surface area contributed by atoms with Crippen molar-refractivity contribution in [3.8, 4) is 6.07 Å². The number of guanidine groups is 1. The van der Waals surface area contributed by atoms with E-state index in [1.165, 1.54) is 18.2 Å². The molecule has 0 aliphatic carbocycles. The van der Waals surface area contributed by atoms with Gasteiger partial charge in [-0.15, -0.1) is 24.0 Å². The van der Waals surface area contributed by atoms with Crippen molar-refractivity contribution in [2.75, 3.05) is 20.2 Å². The molecule has 0 aliphatic rings. The van der Waals surface area contributed by atoms with Gasteiger partial charge >= 0.3 is 0 Å². The second-order valence-electron chi connectivity index (χ2n) is 5.31. The molecule has 0 saturated carbocycles. The first kappa shape index (κ1) is 21.9. The number of halogens is 2. The molecule has 138 valence electrons. The Labute approximate surface area is 170 Å². The van der Waals surface area contributed by atoms with Crippen LogP contribution < -0.4 is 10.6 Å². The molecule has 0 radical (unpaired) electrons. The topological polar surface area (TPSA) is 69.4 Å². The molecule has 2 rings (SSSR count). The van der Waals surface area contributed by atoms with Crippen molar-refractivity contribution in [1.82, 2.24) is 10.6 Å².